The largest absolute Gasteiger partial charge is 0.357 e. The number of benzene rings is 1. The van der Waals surface area contributed by atoms with Crippen molar-refractivity contribution in [1.82, 2.24) is 15.6 Å². The molecule has 104 valence electrons. The molecule has 0 saturated carbocycles. The average molecular weight is 307 g/mol. The number of nitrogens with one attached hydrogen (secondary N) is 2. The SMILES string of the molecule is C#CCNC(=NCc1nc2cc(Cl)ccc2s1)NCC. The third kappa shape index (κ3) is 3.86. The first-order valence-electron chi connectivity index (χ1n) is 6.23. The minimum Gasteiger partial charge on any atom is -0.357 e. The first-order valence-corrected chi connectivity index (χ1v) is 7.43. The minimum atomic E-state index is 0.446. The van der Waals surface area contributed by atoms with Gasteiger partial charge in [-0.1, -0.05) is 17.5 Å². The van der Waals surface area contributed by atoms with Crippen LogP contribution < -0.4 is 10.6 Å². The molecule has 0 saturated heterocycles. The lowest BCUT2D eigenvalue weighted by molar-refractivity contribution is 0.863. The van der Waals surface area contributed by atoms with E-state index in [1.165, 1.54) is 0 Å². The number of halogens is 1. The maximum absolute atomic E-state index is 5.95. The van der Waals surface area contributed by atoms with Crippen molar-refractivity contribution in [2.45, 2.75) is 13.5 Å². The number of terminal acetylenes is 1. The van der Waals surface area contributed by atoms with E-state index in [-0.39, 0.29) is 0 Å². The lowest BCUT2D eigenvalue weighted by Crippen LogP contribution is -2.37. The van der Waals surface area contributed by atoms with Crippen LogP contribution in [0.2, 0.25) is 5.02 Å². The van der Waals surface area contributed by atoms with Gasteiger partial charge in [-0.05, 0) is 25.1 Å². The summed E-state index contributed by atoms with van der Waals surface area (Å²) in [5.41, 5.74) is 0.911. The zero-order valence-electron chi connectivity index (χ0n) is 11.1. The number of guanidine groups is 1. The highest BCUT2D eigenvalue weighted by Crippen LogP contribution is 2.25. The Bertz CT molecular complexity index is 657. The maximum Gasteiger partial charge on any atom is 0.192 e. The Balaban J connectivity index is 2.11. The summed E-state index contributed by atoms with van der Waals surface area (Å²) in [4.78, 5) is 8.97. The molecule has 0 unspecified atom stereocenters. The van der Waals surface area contributed by atoms with Gasteiger partial charge in [0.2, 0.25) is 0 Å². The van der Waals surface area contributed by atoms with Gasteiger partial charge in [-0.2, -0.15) is 0 Å². The number of fused-ring (bicyclic) bond motifs is 1. The van der Waals surface area contributed by atoms with Crippen molar-refractivity contribution in [3.8, 4) is 12.3 Å². The van der Waals surface area contributed by atoms with Crippen LogP contribution in [-0.2, 0) is 6.54 Å². The van der Waals surface area contributed by atoms with E-state index in [0.717, 1.165) is 21.8 Å². The molecule has 0 aliphatic rings. The van der Waals surface area contributed by atoms with E-state index in [2.05, 4.69) is 26.5 Å². The monoisotopic (exact) mass is 306 g/mol. The van der Waals surface area contributed by atoms with Gasteiger partial charge in [0, 0.05) is 11.6 Å². The van der Waals surface area contributed by atoms with E-state index in [1.807, 2.05) is 25.1 Å². The summed E-state index contributed by atoms with van der Waals surface area (Å²) < 4.78 is 1.11. The van der Waals surface area contributed by atoms with Crippen LogP contribution in [0.3, 0.4) is 0 Å². The normalized spacial score (nSPS) is 11.3. The Kier molecular flexibility index (Phi) is 5.22. The van der Waals surface area contributed by atoms with Crippen molar-refractivity contribution in [3.05, 3.63) is 28.2 Å². The van der Waals surface area contributed by atoms with E-state index < -0.39 is 0 Å². The van der Waals surface area contributed by atoms with E-state index in [0.29, 0.717) is 24.1 Å². The Morgan fingerprint density at radius 2 is 2.35 bits per heavy atom. The Labute approximate surface area is 127 Å². The summed E-state index contributed by atoms with van der Waals surface area (Å²) in [6.45, 7) is 3.75. The van der Waals surface area contributed by atoms with E-state index in [9.17, 15) is 0 Å². The second-order valence-corrected chi connectivity index (χ2v) is 5.52. The maximum atomic E-state index is 5.95. The van der Waals surface area contributed by atoms with Crippen LogP contribution in [0.25, 0.3) is 10.2 Å². The molecule has 6 heteroatoms. The van der Waals surface area contributed by atoms with Crippen molar-refractivity contribution < 1.29 is 0 Å². The highest BCUT2D eigenvalue weighted by Gasteiger charge is 2.04. The summed E-state index contributed by atoms with van der Waals surface area (Å²) in [5, 5.41) is 7.81. The lowest BCUT2D eigenvalue weighted by Gasteiger charge is -2.07. The van der Waals surface area contributed by atoms with E-state index in [1.54, 1.807) is 11.3 Å². The molecule has 1 heterocycles. The highest BCUT2D eigenvalue weighted by molar-refractivity contribution is 7.18. The fourth-order valence-corrected chi connectivity index (χ4v) is 2.68. The molecule has 1 aromatic heterocycles. The average Bonchev–Trinajstić information content (AvgIpc) is 2.83. The minimum absolute atomic E-state index is 0.446. The second kappa shape index (κ2) is 7.13. The summed E-state index contributed by atoms with van der Waals surface area (Å²) >= 11 is 7.57. The van der Waals surface area contributed by atoms with Crippen LogP contribution in [-0.4, -0.2) is 24.0 Å². The molecule has 0 radical (unpaired) electrons. The number of aromatic nitrogens is 1. The Morgan fingerprint density at radius 3 is 3.10 bits per heavy atom. The van der Waals surface area contributed by atoms with Gasteiger partial charge < -0.3 is 10.6 Å². The first kappa shape index (κ1) is 14.6. The van der Waals surface area contributed by atoms with Gasteiger partial charge in [0.1, 0.15) is 5.01 Å². The zero-order chi connectivity index (χ0) is 14.4. The number of aliphatic imine (C=N–C) groups is 1. The van der Waals surface area contributed by atoms with Crippen LogP contribution in [0.4, 0.5) is 0 Å². The number of hydrogen-bond donors (Lipinski definition) is 2. The molecular weight excluding hydrogens is 292 g/mol. The quantitative estimate of drug-likeness (QED) is 0.519. The second-order valence-electron chi connectivity index (χ2n) is 3.97. The van der Waals surface area contributed by atoms with Crippen molar-refractivity contribution in [1.29, 1.82) is 0 Å². The number of thiazole rings is 1. The van der Waals surface area contributed by atoms with E-state index in [4.69, 9.17) is 18.0 Å². The Morgan fingerprint density at radius 1 is 1.50 bits per heavy atom. The van der Waals surface area contributed by atoms with Crippen LogP contribution in [0, 0.1) is 12.3 Å². The molecule has 0 amide bonds. The van der Waals surface area contributed by atoms with Crippen molar-refractivity contribution in [3.63, 3.8) is 0 Å². The molecule has 0 aliphatic heterocycles. The van der Waals surface area contributed by atoms with Gasteiger partial charge in [0.05, 0.1) is 23.3 Å². The number of rotatable bonds is 4. The van der Waals surface area contributed by atoms with Gasteiger partial charge in [0.15, 0.2) is 5.96 Å². The predicted octanol–water partition coefficient (Wildman–Crippen LogP) is 2.64. The predicted molar refractivity (Wildman–Crippen MR) is 86.3 cm³/mol. The molecule has 0 atom stereocenters. The molecule has 0 spiro atoms. The van der Waals surface area contributed by atoms with Crippen LogP contribution >= 0.6 is 22.9 Å². The van der Waals surface area contributed by atoms with Gasteiger partial charge in [-0.25, -0.2) is 9.98 Å². The van der Waals surface area contributed by atoms with Gasteiger partial charge in [-0.15, -0.1) is 17.8 Å². The van der Waals surface area contributed by atoms with E-state index >= 15 is 0 Å². The van der Waals surface area contributed by atoms with Gasteiger partial charge in [-0.3, -0.25) is 0 Å². The van der Waals surface area contributed by atoms with Crippen LogP contribution in [0.1, 0.15) is 11.9 Å². The standard InChI is InChI=1S/C14H15ClN4S/c1-3-7-17-14(16-4-2)18-9-13-19-11-8-10(15)5-6-12(11)20-13/h1,5-6,8H,4,7,9H2,2H3,(H2,16,17,18). The summed E-state index contributed by atoms with van der Waals surface area (Å²) in [6, 6.07) is 5.71. The molecule has 1 aromatic carbocycles. The molecule has 4 nitrogen and oxygen atoms in total. The third-order valence-electron chi connectivity index (χ3n) is 2.47. The lowest BCUT2D eigenvalue weighted by atomic mass is 10.3. The van der Waals surface area contributed by atoms with Crippen molar-refractivity contribution in [2.24, 2.45) is 4.99 Å². The van der Waals surface area contributed by atoms with Crippen molar-refractivity contribution in [2.75, 3.05) is 13.1 Å². The molecule has 0 fully saturated rings. The third-order valence-corrected chi connectivity index (χ3v) is 3.72. The molecule has 2 aromatic rings. The van der Waals surface area contributed by atoms with Gasteiger partial charge in [0.25, 0.3) is 0 Å². The number of nitrogens with zero attached hydrogens (tertiary/aromatic N) is 2. The van der Waals surface area contributed by atoms with Crippen LogP contribution in [0.5, 0.6) is 0 Å². The highest BCUT2D eigenvalue weighted by atomic mass is 35.5. The topological polar surface area (TPSA) is 49.3 Å². The smallest absolute Gasteiger partial charge is 0.192 e. The molecule has 2 rings (SSSR count). The first-order chi connectivity index (χ1) is 9.72. The fraction of sp³-hybridized carbons (Fsp3) is 0.286. The van der Waals surface area contributed by atoms with Crippen LogP contribution in [0.15, 0.2) is 23.2 Å². The summed E-state index contributed by atoms with van der Waals surface area (Å²) in [7, 11) is 0. The Hall–Kier alpha value is -1.77. The molecule has 2 N–H and O–H groups in total. The molecule has 0 aliphatic carbocycles. The fourth-order valence-electron chi connectivity index (χ4n) is 1.64. The van der Waals surface area contributed by atoms with Gasteiger partial charge >= 0.3 is 0 Å². The van der Waals surface area contributed by atoms with Crippen molar-refractivity contribution >= 4 is 39.1 Å². The molecular formula is C14H15ClN4S. The summed E-state index contributed by atoms with van der Waals surface area (Å²) in [5.74, 6) is 3.22. The summed E-state index contributed by atoms with van der Waals surface area (Å²) in [6.07, 6.45) is 5.23. The number of hydrogen-bond acceptors (Lipinski definition) is 3. The molecule has 20 heavy (non-hydrogen) atoms. The zero-order valence-corrected chi connectivity index (χ0v) is 12.7. The molecule has 0 bridgehead atoms.